The van der Waals surface area contributed by atoms with Gasteiger partial charge in [0.05, 0.1) is 18.2 Å². The number of benzene rings is 3. The van der Waals surface area contributed by atoms with E-state index in [2.05, 4.69) is 17.1 Å². The Morgan fingerprint density at radius 1 is 1.00 bits per heavy atom. The molecular weight excluding hydrogens is 466 g/mol. The molecular formula is C26H27N3O5S. The van der Waals surface area contributed by atoms with Crippen LogP contribution in [0.2, 0.25) is 0 Å². The first-order valence-corrected chi connectivity index (χ1v) is 12.6. The van der Waals surface area contributed by atoms with Crippen LogP contribution in [0.5, 0.6) is 17.2 Å². The Hall–Kier alpha value is -4.11. The molecule has 1 N–H and O–H groups in total. The molecule has 1 amide bonds. The molecule has 3 rings (SSSR count). The van der Waals surface area contributed by atoms with Crippen molar-refractivity contribution in [2.24, 2.45) is 5.10 Å². The van der Waals surface area contributed by atoms with Gasteiger partial charge >= 0.3 is 0 Å². The topological polar surface area (TPSA) is 97.3 Å². The second-order valence-corrected chi connectivity index (χ2v) is 9.41. The highest BCUT2D eigenvalue weighted by atomic mass is 32.2. The molecule has 35 heavy (non-hydrogen) atoms. The van der Waals surface area contributed by atoms with E-state index in [1.807, 2.05) is 30.3 Å². The van der Waals surface area contributed by atoms with E-state index in [0.29, 0.717) is 29.5 Å². The molecule has 9 heteroatoms. The van der Waals surface area contributed by atoms with E-state index >= 15 is 0 Å². The Bertz CT molecular complexity index is 1260. The van der Waals surface area contributed by atoms with Crippen LogP contribution in [0.3, 0.4) is 0 Å². The molecule has 1 atom stereocenters. The fourth-order valence-electron chi connectivity index (χ4n) is 3.16. The number of carbonyl (C=O) groups excluding carboxylic acids is 1. The normalized spacial score (nSPS) is 12.1. The number of amides is 1. The van der Waals surface area contributed by atoms with Crippen LogP contribution in [-0.2, 0) is 14.8 Å². The monoisotopic (exact) mass is 493 g/mol. The van der Waals surface area contributed by atoms with Crippen LogP contribution in [0.25, 0.3) is 0 Å². The molecule has 0 spiro atoms. The van der Waals surface area contributed by atoms with Crippen molar-refractivity contribution in [1.29, 1.82) is 0 Å². The smallest absolute Gasteiger partial charge is 0.263 e. The lowest BCUT2D eigenvalue weighted by atomic mass is 10.2. The zero-order valence-corrected chi connectivity index (χ0v) is 20.3. The number of hydrazone groups is 1. The minimum atomic E-state index is -3.76. The minimum absolute atomic E-state index is 0.328. The average molecular weight is 494 g/mol. The van der Waals surface area contributed by atoms with Gasteiger partial charge in [-0.2, -0.15) is 5.10 Å². The first kappa shape index (κ1) is 25.5. The summed E-state index contributed by atoms with van der Waals surface area (Å²) in [5, 5.41) is 3.95. The first-order chi connectivity index (χ1) is 16.8. The lowest BCUT2D eigenvalue weighted by Crippen LogP contribution is -2.46. The van der Waals surface area contributed by atoms with Gasteiger partial charge in [-0.15, -0.1) is 0 Å². The molecule has 3 aromatic carbocycles. The van der Waals surface area contributed by atoms with Crippen LogP contribution in [0.4, 0.5) is 5.69 Å². The molecule has 0 saturated carbocycles. The summed E-state index contributed by atoms with van der Waals surface area (Å²) in [6, 6.07) is 21.7. The van der Waals surface area contributed by atoms with Gasteiger partial charge in [-0.1, -0.05) is 30.9 Å². The Kier molecular flexibility index (Phi) is 8.63. The molecule has 0 heterocycles. The van der Waals surface area contributed by atoms with E-state index in [1.165, 1.54) is 13.1 Å². The number of para-hydroxylation sites is 1. The first-order valence-electron chi connectivity index (χ1n) is 10.8. The highest BCUT2D eigenvalue weighted by molar-refractivity contribution is 7.92. The third-order valence-electron chi connectivity index (χ3n) is 4.79. The van der Waals surface area contributed by atoms with Crippen LogP contribution >= 0.6 is 0 Å². The van der Waals surface area contributed by atoms with Crippen molar-refractivity contribution in [3.05, 3.63) is 97.1 Å². The third kappa shape index (κ3) is 7.44. The number of nitrogens with one attached hydrogen (secondary N) is 1. The molecule has 0 unspecified atom stereocenters. The Balaban J connectivity index is 1.67. The summed E-state index contributed by atoms with van der Waals surface area (Å²) in [7, 11) is -3.76. The average Bonchev–Trinajstić information content (AvgIpc) is 2.84. The number of hydrogen-bond donors (Lipinski definition) is 1. The van der Waals surface area contributed by atoms with Gasteiger partial charge in [-0.25, -0.2) is 13.8 Å². The maximum absolute atomic E-state index is 12.7. The van der Waals surface area contributed by atoms with Crippen LogP contribution in [0, 0.1) is 0 Å². The summed E-state index contributed by atoms with van der Waals surface area (Å²) in [4.78, 5) is 12.7. The fourth-order valence-corrected chi connectivity index (χ4v) is 4.34. The highest BCUT2D eigenvalue weighted by Gasteiger charge is 2.29. The van der Waals surface area contributed by atoms with Crippen molar-refractivity contribution in [3.63, 3.8) is 0 Å². The van der Waals surface area contributed by atoms with Gasteiger partial charge < -0.3 is 9.47 Å². The number of ether oxygens (including phenoxy) is 2. The van der Waals surface area contributed by atoms with Crippen LogP contribution in [-0.4, -0.2) is 39.4 Å². The Morgan fingerprint density at radius 2 is 1.60 bits per heavy atom. The standard InChI is InChI=1S/C26H27N3O5S/c1-4-18-33-23-14-10-21(11-15-23)19-27-28-26(30)20(2)29(35(3,31)32)22-12-16-25(17-13-22)34-24-8-6-5-7-9-24/h4-17,19-20H,1,18H2,2-3H3,(H,28,30)/b27-19-/t20-/m1/s1. The molecule has 0 aliphatic carbocycles. The lowest BCUT2D eigenvalue weighted by Gasteiger charge is -2.27. The van der Waals surface area contributed by atoms with Crippen LogP contribution < -0.4 is 19.2 Å². The number of anilines is 1. The van der Waals surface area contributed by atoms with Crippen LogP contribution in [0.15, 0.2) is 96.6 Å². The van der Waals surface area contributed by atoms with E-state index in [9.17, 15) is 13.2 Å². The van der Waals surface area contributed by atoms with E-state index in [4.69, 9.17) is 9.47 Å². The van der Waals surface area contributed by atoms with Gasteiger partial charge in [0.15, 0.2) is 0 Å². The van der Waals surface area contributed by atoms with Crippen LogP contribution in [0.1, 0.15) is 12.5 Å². The Labute approximate surface area is 205 Å². The second-order valence-electron chi connectivity index (χ2n) is 7.55. The van der Waals surface area contributed by atoms with Crippen molar-refractivity contribution >= 4 is 27.8 Å². The molecule has 0 radical (unpaired) electrons. The van der Waals surface area contributed by atoms with Crippen molar-refractivity contribution in [3.8, 4) is 17.2 Å². The number of hydrogen-bond acceptors (Lipinski definition) is 6. The summed E-state index contributed by atoms with van der Waals surface area (Å²) < 4.78 is 37.2. The van der Waals surface area contributed by atoms with E-state index < -0.39 is 22.0 Å². The second kappa shape index (κ2) is 11.8. The van der Waals surface area contributed by atoms with Gasteiger partial charge in [0.25, 0.3) is 5.91 Å². The number of sulfonamides is 1. The highest BCUT2D eigenvalue weighted by Crippen LogP contribution is 2.27. The van der Waals surface area contributed by atoms with Gasteiger partial charge in [-0.05, 0) is 73.2 Å². The number of carbonyl (C=O) groups is 1. The number of nitrogens with zero attached hydrogens (tertiary/aromatic N) is 2. The lowest BCUT2D eigenvalue weighted by molar-refractivity contribution is -0.121. The molecule has 8 nitrogen and oxygen atoms in total. The van der Waals surface area contributed by atoms with Gasteiger partial charge in [0, 0.05) is 0 Å². The zero-order valence-electron chi connectivity index (χ0n) is 19.5. The third-order valence-corrected chi connectivity index (χ3v) is 6.04. The summed E-state index contributed by atoms with van der Waals surface area (Å²) in [6.45, 7) is 5.49. The van der Waals surface area contributed by atoms with Gasteiger partial charge in [0.2, 0.25) is 10.0 Å². The molecule has 0 aromatic heterocycles. The largest absolute Gasteiger partial charge is 0.490 e. The molecule has 3 aromatic rings. The Morgan fingerprint density at radius 3 is 2.20 bits per heavy atom. The molecule has 182 valence electrons. The summed E-state index contributed by atoms with van der Waals surface area (Å²) in [6.07, 6.45) is 4.16. The number of rotatable bonds is 11. The SMILES string of the molecule is C=CCOc1ccc(/C=N\NC(=O)[C@@H](C)N(c2ccc(Oc3ccccc3)cc2)S(C)(=O)=O)cc1. The van der Waals surface area contributed by atoms with E-state index in [-0.39, 0.29) is 0 Å². The molecule has 0 bridgehead atoms. The molecule has 0 aliphatic heterocycles. The summed E-state index contributed by atoms with van der Waals surface area (Å²) in [5.74, 6) is 1.30. The quantitative estimate of drug-likeness (QED) is 0.243. The van der Waals surface area contributed by atoms with Gasteiger partial charge in [-0.3, -0.25) is 9.10 Å². The fraction of sp³-hybridized carbons (Fsp3) is 0.154. The summed E-state index contributed by atoms with van der Waals surface area (Å²) >= 11 is 0. The predicted molar refractivity (Wildman–Crippen MR) is 138 cm³/mol. The zero-order chi connectivity index (χ0) is 25.3. The molecule has 0 fully saturated rings. The van der Waals surface area contributed by atoms with Crippen molar-refractivity contribution in [1.82, 2.24) is 5.43 Å². The molecule has 0 aliphatic rings. The van der Waals surface area contributed by atoms with Gasteiger partial charge in [0.1, 0.15) is 29.9 Å². The predicted octanol–water partition coefficient (Wildman–Crippen LogP) is 4.35. The van der Waals surface area contributed by atoms with Crippen molar-refractivity contribution in [2.45, 2.75) is 13.0 Å². The summed E-state index contributed by atoms with van der Waals surface area (Å²) in [5.41, 5.74) is 3.46. The van der Waals surface area contributed by atoms with Crippen molar-refractivity contribution < 1.29 is 22.7 Å². The maximum atomic E-state index is 12.7. The van der Waals surface area contributed by atoms with E-state index in [1.54, 1.807) is 54.6 Å². The van der Waals surface area contributed by atoms with Crippen molar-refractivity contribution in [2.75, 3.05) is 17.2 Å². The van der Waals surface area contributed by atoms with E-state index in [0.717, 1.165) is 16.1 Å². The maximum Gasteiger partial charge on any atom is 0.263 e. The molecule has 0 saturated heterocycles. The minimum Gasteiger partial charge on any atom is -0.490 e.